The molecule has 0 aliphatic heterocycles. The zero-order valence-corrected chi connectivity index (χ0v) is 10.2. The molecule has 0 saturated carbocycles. The van der Waals surface area contributed by atoms with Crippen LogP contribution >= 0.6 is 11.6 Å². The van der Waals surface area contributed by atoms with Crippen molar-refractivity contribution < 1.29 is 19.8 Å². The van der Waals surface area contributed by atoms with E-state index in [1.165, 1.54) is 4.68 Å². The van der Waals surface area contributed by atoms with Gasteiger partial charge in [-0.3, -0.25) is 4.79 Å². The second-order valence-corrected chi connectivity index (χ2v) is 4.09. The molecule has 0 spiro atoms. The van der Waals surface area contributed by atoms with Crippen molar-refractivity contribution in [1.82, 2.24) is 15.0 Å². The number of rotatable bonds is 4. The van der Waals surface area contributed by atoms with Gasteiger partial charge in [0.2, 0.25) is 0 Å². The molecule has 19 heavy (non-hydrogen) atoms. The van der Waals surface area contributed by atoms with Gasteiger partial charge in [0.1, 0.15) is 0 Å². The summed E-state index contributed by atoms with van der Waals surface area (Å²) in [5.41, 5.74) is 0.111. The van der Waals surface area contributed by atoms with Crippen LogP contribution < -0.4 is 0 Å². The van der Waals surface area contributed by atoms with Gasteiger partial charge < -0.3 is 10.2 Å². The number of carboxylic acids is 2. The second kappa shape index (κ2) is 5.07. The molecule has 1 heterocycles. The minimum absolute atomic E-state index is 0.00215. The van der Waals surface area contributed by atoms with Gasteiger partial charge in [-0.2, -0.15) is 0 Å². The molecular weight excluding hydrogens is 274 g/mol. The molecule has 0 aliphatic rings. The van der Waals surface area contributed by atoms with Crippen molar-refractivity contribution >= 4 is 23.5 Å². The van der Waals surface area contributed by atoms with Gasteiger partial charge in [0.15, 0.2) is 5.69 Å². The molecule has 0 amide bonds. The van der Waals surface area contributed by atoms with Gasteiger partial charge in [0.05, 0.1) is 17.8 Å². The third-order valence-electron chi connectivity index (χ3n) is 2.36. The van der Waals surface area contributed by atoms with Crippen LogP contribution in [0.5, 0.6) is 0 Å². The summed E-state index contributed by atoms with van der Waals surface area (Å²) in [7, 11) is 0. The Labute approximate surface area is 112 Å². The predicted octanol–water partition coefficient (Wildman–Crippen LogP) is 1.25. The fourth-order valence-corrected chi connectivity index (χ4v) is 1.69. The highest BCUT2D eigenvalue weighted by Gasteiger charge is 2.21. The first-order valence-electron chi connectivity index (χ1n) is 5.14. The van der Waals surface area contributed by atoms with Crippen LogP contribution in [0.15, 0.2) is 24.3 Å². The Hall–Kier alpha value is -2.41. The quantitative estimate of drug-likeness (QED) is 0.873. The van der Waals surface area contributed by atoms with Crippen LogP contribution in [0.2, 0.25) is 5.02 Å². The normalized spacial score (nSPS) is 10.4. The molecule has 0 radical (unpaired) electrons. The van der Waals surface area contributed by atoms with Crippen LogP contribution in [0.25, 0.3) is 5.69 Å². The summed E-state index contributed by atoms with van der Waals surface area (Å²) < 4.78 is 1.17. The molecule has 98 valence electrons. The zero-order valence-electron chi connectivity index (χ0n) is 9.45. The van der Waals surface area contributed by atoms with E-state index >= 15 is 0 Å². The lowest BCUT2D eigenvalue weighted by atomic mass is 10.2. The molecule has 2 N–H and O–H groups in total. The van der Waals surface area contributed by atoms with E-state index in [4.69, 9.17) is 21.8 Å². The summed E-state index contributed by atoms with van der Waals surface area (Å²) in [5.74, 6) is -2.49. The van der Waals surface area contributed by atoms with Gasteiger partial charge in [0, 0.05) is 5.02 Å². The fraction of sp³-hybridized carbons (Fsp3) is 0.0909. The summed E-state index contributed by atoms with van der Waals surface area (Å²) in [4.78, 5) is 21.8. The molecule has 0 saturated heterocycles. The highest BCUT2D eigenvalue weighted by Crippen LogP contribution is 2.16. The first-order chi connectivity index (χ1) is 8.99. The van der Waals surface area contributed by atoms with Crippen molar-refractivity contribution in [3.05, 3.63) is 40.7 Å². The first kappa shape index (κ1) is 13.0. The number of aromatic carboxylic acids is 1. The summed E-state index contributed by atoms with van der Waals surface area (Å²) in [6.45, 7) is 0. The highest BCUT2D eigenvalue weighted by atomic mass is 35.5. The fourth-order valence-electron chi connectivity index (χ4n) is 1.56. The largest absolute Gasteiger partial charge is 0.481 e. The molecule has 0 bridgehead atoms. The Morgan fingerprint density at radius 1 is 1.21 bits per heavy atom. The summed E-state index contributed by atoms with van der Waals surface area (Å²) >= 11 is 5.75. The van der Waals surface area contributed by atoms with Crippen LogP contribution in [-0.4, -0.2) is 37.1 Å². The molecule has 2 rings (SSSR count). The maximum Gasteiger partial charge on any atom is 0.358 e. The summed E-state index contributed by atoms with van der Waals surface area (Å²) in [6.07, 6.45) is -0.489. The Morgan fingerprint density at radius 2 is 1.84 bits per heavy atom. The van der Waals surface area contributed by atoms with E-state index in [0.29, 0.717) is 10.7 Å². The number of halogens is 1. The van der Waals surface area contributed by atoms with E-state index in [2.05, 4.69) is 10.3 Å². The molecule has 8 heteroatoms. The minimum atomic E-state index is -1.32. The molecule has 2 aromatic rings. The van der Waals surface area contributed by atoms with E-state index in [1.807, 2.05) is 0 Å². The number of aromatic nitrogens is 3. The van der Waals surface area contributed by atoms with Crippen LogP contribution in [0.3, 0.4) is 0 Å². The Morgan fingerprint density at radius 3 is 2.37 bits per heavy atom. The lowest BCUT2D eigenvalue weighted by Crippen LogP contribution is -2.12. The third-order valence-corrected chi connectivity index (χ3v) is 2.61. The summed E-state index contributed by atoms with van der Waals surface area (Å²) in [5, 5.41) is 25.4. The number of benzene rings is 1. The smallest absolute Gasteiger partial charge is 0.358 e. The highest BCUT2D eigenvalue weighted by molar-refractivity contribution is 6.30. The van der Waals surface area contributed by atoms with E-state index < -0.39 is 18.4 Å². The zero-order chi connectivity index (χ0) is 14.0. The van der Waals surface area contributed by atoms with E-state index in [1.54, 1.807) is 24.3 Å². The second-order valence-electron chi connectivity index (χ2n) is 3.65. The Kier molecular flexibility index (Phi) is 3.48. The van der Waals surface area contributed by atoms with E-state index in [0.717, 1.165) is 0 Å². The van der Waals surface area contributed by atoms with Crippen molar-refractivity contribution in [3.8, 4) is 5.69 Å². The number of carboxylic acid groups (broad SMARTS) is 2. The van der Waals surface area contributed by atoms with Crippen molar-refractivity contribution in [2.24, 2.45) is 0 Å². The van der Waals surface area contributed by atoms with Gasteiger partial charge >= 0.3 is 11.9 Å². The first-order valence-corrected chi connectivity index (χ1v) is 5.52. The number of aliphatic carboxylic acids is 1. The predicted molar refractivity (Wildman–Crippen MR) is 64.7 cm³/mol. The lowest BCUT2D eigenvalue weighted by molar-refractivity contribution is -0.136. The Balaban J connectivity index is 2.53. The number of hydrogen-bond donors (Lipinski definition) is 2. The number of nitrogens with zero attached hydrogens (tertiary/aromatic N) is 3. The molecular formula is C11H8ClN3O4. The SMILES string of the molecule is O=C(O)Cc1c(C(=O)O)nnn1-c1ccc(Cl)cc1. The van der Waals surface area contributed by atoms with Gasteiger partial charge in [0.25, 0.3) is 0 Å². The van der Waals surface area contributed by atoms with Crippen molar-refractivity contribution in [2.75, 3.05) is 0 Å². The maximum absolute atomic E-state index is 11.0. The van der Waals surface area contributed by atoms with Gasteiger partial charge in [-0.1, -0.05) is 16.8 Å². The van der Waals surface area contributed by atoms with Crippen molar-refractivity contribution in [2.45, 2.75) is 6.42 Å². The van der Waals surface area contributed by atoms with Gasteiger partial charge in [-0.15, -0.1) is 5.10 Å². The van der Waals surface area contributed by atoms with Gasteiger partial charge in [-0.05, 0) is 24.3 Å². The molecule has 0 fully saturated rings. The van der Waals surface area contributed by atoms with Gasteiger partial charge in [-0.25, -0.2) is 9.48 Å². The average Bonchev–Trinajstić information content (AvgIpc) is 2.73. The molecule has 0 unspecified atom stereocenters. The average molecular weight is 282 g/mol. The molecule has 1 aromatic heterocycles. The minimum Gasteiger partial charge on any atom is -0.481 e. The van der Waals surface area contributed by atoms with Crippen molar-refractivity contribution in [3.63, 3.8) is 0 Å². The number of carbonyl (C=O) groups is 2. The Bertz CT molecular complexity index is 636. The summed E-state index contributed by atoms with van der Waals surface area (Å²) in [6, 6.07) is 6.36. The van der Waals surface area contributed by atoms with E-state index in [9.17, 15) is 9.59 Å². The number of hydrogen-bond acceptors (Lipinski definition) is 4. The standard InChI is InChI=1S/C11H8ClN3O4/c12-6-1-3-7(4-2-6)15-8(5-9(16)17)10(11(18)19)13-14-15/h1-4H,5H2,(H,16,17)(H,18,19). The molecule has 0 atom stereocenters. The molecule has 0 aliphatic carbocycles. The van der Waals surface area contributed by atoms with E-state index in [-0.39, 0.29) is 11.4 Å². The van der Waals surface area contributed by atoms with Crippen LogP contribution in [-0.2, 0) is 11.2 Å². The monoisotopic (exact) mass is 281 g/mol. The molecule has 7 nitrogen and oxygen atoms in total. The topological polar surface area (TPSA) is 105 Å². The maximum atomic E-state index is 11.0. The van der Waals surface area contributed by atoms with Crippen LogP contribution in [0.4, 0.5) is 0 Å². The molecule has 1 aromatic carbocycles. The van der Waals surface area contributed by atoms with Crippen LogP contribution in [0.1, 0.15) is 16.2 Å². The van der Waals surface area contributed by atoms with Crippen LogP contribution in [0, 0.1) is 0 Å². The lowest BCUT2D eigenvalue weighted by Gasteiger charge is -2.05. The third kappa shape index (κ3) is 2.71. The van der Waals surface area contributed by atoms with Crippen molar-refractivity contribution in [1.29, 1.82) is 0 Å².